The van der Waals surface area contributed by atoms with Crippen molar-refractivity contribution < 1.29 is 12.8 Å². The van der Waals surface area contributed by atoms with Gasteiger partial charge in [0, 0.05) is 18.8 Å². The van der Waals surface area contributed by atoms with Crippen LogP contribution in [0.2, 0.25) is 0 Å². The van der Waals surface area contributed by atoms with Gasteiger partial charge >= 0.3 is 0 Å². The number of hydrogen-bond donors (Lipinski definition) is 1. The highest BCUT2D eigenvalue weighted by molar-refractivity contribution is 7.91. The summed E-state index contributed by atoms with van der Waals surface area (Å²) in [5, 5.41) is 3.21. The molecule has 0 aromatic heterocycles. The van der Waals surface area contributed by atoms with Gasteiger partial charge in [0.1, 0.15) is 15.7 Å². The molecule has 0 spiro atoms. The summed E-state index contributed by atoms with van der Waals surface area (Å²) in [5.41, 5.74) is 2.36. The molecule has 1 saturated carbocycles. The van der Waals surface area contributed by atoms with Crippen LogP contribution in [-0.2, 0) is 16.4 Å². The summed E-state index contributed by atoms with van der Waals surface area (Å²) >= 11 is 0. The zero-order chi connectivity index (χ0) is 15.6. The molecule has 2 atom stereocenters. The standard InChI is InChI=1S/C16H24FNO2S/c1-11-7-13(8-12(2)16(11)17)10-18-14-5-4-6-15(9-14)21(3,19)20/h7-8,14-15,18H,4-6,9-10H2,1-3H3. The van der Waals surface area contributed by atoms with Crippen molar-refractivity contribution in [3.05, 3.63) is 34.6 Å². The Morgan fingerprint density at radius 1 is 1.24 bits per heavy atom. The SMILES string of the molecule is Cc1cc(CNC2CCCC(S(C)(=O)=O)C2)cc(C)c1F. The molecule has 1 aliphatic rings. The second-order valence-electron chi connectivity index (χ2n) is 6.24. The fourth-order valence-corrected chi connectivity index (χ4v) is 4.30. The molecule has 21 heavy (non-hydrogen) atoms. The van der Waals surface area contributed by atoms with E-state index in [4.69, 9.17) is 0 Å². The number of hydrogen-bond acceptors (Lipinski definition) is 3. The molecule has 2 rings (SSSR count). The molecular formula is C16H24FNO2S. The molecule has 118 valence electrons. The molecule has 0 aliphatic heterocycles. The minimum Gasteiger partial charge on any atom is -0.310 e. The van der Waals surface area contributed by atoms with Crippen LogP contribution < -0.4 is 5.32 Å². The molecular weight excluding hydrogens is 289 g/mol. The summed E-state index contributed by atoms with van der Waals surface area (Å²) in [6, 6.07) is 3.93. The van der Waals surface area contributed by atoms with Crippen LogP contribution in [0.1, 0.15) is 42.4 Å². The fourth-order valence-electron chi connectivity index (χ4n) is 3.12. The number of aryl methyl sites for hydroxylation is 2. The lowest BCUT2D eigenvalue weighted by molar-refractivity contribution is 0.371. The monoisotopic (exact) mass is 313 g/mol. The second kappa shape index (κ2) is 6.44. The van der Waals surface area contributed by atoms with Gasteiger partial charge in [0.2, 0.25) is 0 Å². The first kappa shape index (κ1) is 16.4. The molecule has 3 nitrogen and oxygen atoms in total. The van der Waals surface area contributed by atoms with E-state index in [-0.39, 0.29) is 17.1 Å². The van der Waals surface area contributed by atoms with Crippen molar-refractivity contribution in [2.45, 2.75) is 57.4 Å². The first-order valence-electron chi connectivity index (χ1n) is 7.45. The summed E-state index contributed by atoms with van der Waals surface area (Å²) in [5.74, 6) is -0.145. The number of sulfone groups is 1. The maximum absolute atomic E-state index is 13.6. The van der Waals surface area contributed by atoms with E-state index in [0.29, 0.717) is 24.1 Å². The van der Waals surface area contributed by atoms with E-state index in [1.165, 1.54) is 6.26 Å². The third-order valence-electron chi connectivity index (χ3n) is 4.32. The van der Waals surface area contributed by atoms with Gasteiger partial charge in [0.25, 0.3) is 0 Å². The third-order valence-corrected chi connectivity index (χ3v) is 5.96. The van der Waals surface area contributed by atoms with E-state index in [9.17, 15) is 12.8 Å². The van der Waals surface area contributed by atoms with Crippen LogP contribution in [0.4, 0.5) is 4.39 Å². The van der Waals surface area contributed by atoms with Crippen LogP contribution in [0.15, 0.2) is 12.1 Å². The Labute approximate surface area is 126 Å². The highest BCUT2D eigenvalue weighted by Gasteiger charge is 2.28. The summed E-state index contributed by atoms with van der Waals surface area (Å²) in [7, 11) is -2.95. The average Bonchev–Trinajstić information content (AvgIpc) is 2.42. The third kappa shape index (κ3) is 4.27. The van der Waals surface area contributed by atoms with Crippen LogP contribution >= 0.6 is 0 Å². The van der Waals surface area contributed by atoms with Crippen LogP contribution in [0, 0.1) is 19.7 Å². The van der Waals surface area contributed by atoms with E-state index in [0.717, 1.165) is 24.8 Å². The Morgan fingerprint density at radius 3 is 2.43 bits per heavy atom. The summed E-state index contributed by atoms with van der Waals surface area (Å²) in [6.45, 7) is 4.20. The van der Waals surface area contributed by atoms with Crippen LogP contribution in [0.25, 0.3) is 0 Å². The lowest BCUT2D eigenvalue weighted by Gasteiger charge is -2.29. The highest BCUT2D eigenvalue weighted by Crippen LogP contribution is 2.24. The predicted molar refractivity (Wildman–Crippen MR) is 83.6 cm³/mol. The molecule has 0 amide bonds. The van der Waals surface area contributed by atoms with Crippen molar-refractivity contribution >= 4 is 9.84 Å². The second-order valence-corrected chi connectivity index (χ2v) is 8.57. The summed E-state index contributed by atoms with van der Waals surface area (Å²) < 4.78 is 36.9. The van der Waals surface area contributed by atoms with E-state index in [1.807, 2.05) is 12.1 Å². The molecule has 1 fully saturated rings. The van der Waals surface area contributed by atoms with E-state index < -0.39 is 9.84 Å². The minimum atomic E-state index is -2.95. The van der Waals surface area contributed by atoms with Crippen LogP contribution in [0.3, 0.4) is 0 Å². The van der Waals surface area contributed by atoms with Gasteiger partial charge < -0.3 is 5.32 Å². The Kier molecular flexibility index (Phi) is 5.04. The maximum atomic E-state index is 13.6. The van der Waals surface area contributed by atoms with Gasteiger partial charge in [0.05, 0.1) is 5.25 Å². The first-order valence-corrected chi connectivity index (χ1v) is 9.40. The zero-order valence-electron chi connectivity index (χ0n) is 12.9. The molecule has 1 aromatic carbocycles. The molecule has 2 unspecified atom stereocenters. The molecule has 1 N–H and O–H groups in total. The Balaban J connectivity index is 1.97. The van der Waals surface area contributed by atoms with Gasteiger partial charge in [-0.1, -0.05) is 18.6 Å². The topological polar surface area (TPSA) is 46.2 Å². The lowest BCUT2D eigenvalue weighted by Crippen LogP contribution is -2.38. The van der Waals surface area contributed by atoms with Crippen molar-refractivity contribution in [2.75, 3.05) is 6.26 Å². The van der Waals surface area contributed by atoms with Crippen LogP contribution in [-0.4, -0.2) is 26.0 Å². The predicted octanol–water partition coefficient (Wildman–Crippen LogP) is 2.89. The number of halogens is 1. The molecule has 5 heteroatoms. The van der Waals surface area contributed by atoms with Crippen molar-refractivity contribution in [3.63, 3.8) is 0 Å². The molecule has 0 bridgehead atoms. The normalized spacial score (nSPS) is 23.2. The quantitative estimate of drug-likeness (QED) is 0.930. The number of rotatable bonds is 4. The van der Waals surface area contributed by atoms with E-state index >= 15 is 0 Å². The Morgan fingerprint density at radius 2 is 1.86 bits per heavy atom. The fraction of sp³-hybridized carbons (Fsp3) is 0.625. The number of nitrogens with one attached hydrogen (secondary N) is 1. The Bertz CT molecular complexity index is 590. The van der Waals surface area contributed by atoms with Gasteiger partial charge in [-0.2, -0.15) is 0 Å². The molecule has 1 aliphatic carbocycles. The van der Waals surface area contributed by atoms with Crippen molar-refractivity contribution in [3.8, 4) is 0 Å². The van der Waals surface area contributed by atoms with Crippen molar-refractivity contribution in [1.29, 1.82) is 0 Å². The van der Waals surface area contributed by atoms with Gasteiger partial charge in [0.15, 0.2) is 0 Å². The van der Waals surface area contributed by atoms with Crippen molar-refractivity contribution in [2.24, 2.45) is 0 Å². The number of benzene rings is 1. The van der Waals surface area contributed by atoms with Gasteiger partial charge in [-0.3, -0.25) is 0 Å². The Hall–Kier alpha value is -0.940. The maximum Gasteiger partial charge on any atom is 0.150 e. The minimum absolute atomic E-state index is 0.145. The highest BCUT2D eigenvalue weighted by atomic mass is 32.2. The summed E-state index contributed by atoms with van der Waals surface area (Å²) in [4.78, 5) is 0. The van der Waals surface area contributed by atoms with Crippen molar-refractivity contribution in [1.82, 2.24) is 5.32 Å². The molecule has 0 heterocycles. The molecule has 0 saturated heterocycles. The smallest absolute Gasteiger partial charge is 0.150 e. The summed E-state index contributed by atoms with van der Waals surface area (Å²) in [6.07, 6.45) is 4.72. The molecule has 1 aromatic rings. The van der Waals surface area contributed by atoms with Crippen LogP contribution in [0.5, 0.6) is 0 Å². The van der Waals surface area contributed by atoms with E-state index in [2.05, 4.69) is 5.32 Å². The van der Waals surface area contributed by atoms with E-state index in [1.54, 1.807) is 13.8 Å². The lowest BCUT2D eigenvalue weighted by atomic mass is 9.94. The average molecular weight is 313 g/mol. The largest absolute Gasteiger partial charge is 0.310 e. The first-order chi connectivity index (χ1) is 9.77. The van der Waals surface area contributed by atoms with Gasteiger partial charge in [-0.15, -0.1) is 0 Å². The molecule has 0 radical (unpaired) electrons. The van der Waals surface area contributed by atoms with Gasteiger partial charge in [-0.25, -0.2) is 12.8 Å². The zero-order valence-corrected chi connectivity index (χ0v) is 13.8. The van der Waals surface area contributed by atoms with Gasteiger partial charge in [-0.05, 0) is 49.8 Å².